The number of anilines is 1. The van der Waals surface area contributed by atoms with Crippen molar-refractivity contribution in [3.63, 3.8) is 0 Å². The molecular weight excluding hydrogens is 356 g/mol. The molecule has 0 spiro atoms. The van der Waals surface area contributed by atoms with E-state index in [2.05, 4.69) is 15.6 Å². The first kappa shape index (κ1) is 20.9. The molecule has 0 aliphatic carbocycles. The Morgan fingerprint density at radius 2 is 1.96 bits per heavy atom. The Hall–Kier alpha value is -2.42. The van der Waals surface area contributed by atoms with Crippen LogP contribution in [-0.4, -0.2) is 76.3 Å². The van der Waals surface area contributed by atoms with Gasteiger partial charge in [0.15, 0.2) is 5.96 Å². The van der Waals surface area contributed by atoms with Crippen LogP contribution in [0.2, 0.25) is 0 Å². The van der Waals surface area contributed by atoms with Gasteiger partial charge in [0, 0.05) is 52.4 Å². The van der Waals surface area contributed by atoms with Crippen LogP contribution in [0.15, 0.2) is 23.2 Å². The molecule has 1 fully saturated rings. The predicted octanol–water partition coefficient (Wildman–Crippen LogP) is 0.815. The molecule has 1 amide bonds. The number of guanidine groups is 1. The van der Waals surface area contributed by atoms with Crippen LogP contribution in [0.25, 0.3) is 0 Å². The number of aliphatic imine (C=N–C) groups is 1. The van der Waals surface area contributed by atoms with Crippen molar-refractivity contribution in [1.82, 2.24) is 15.5 Å². The fraction of sp³-hybridized carbons (Fsp3) is 0.556. The Morgan fingerprint density at radius 3 is 2.63 bits per heavy atom. The van der Waals surface area contributed by atoms with Gasteiger partial charge < -0.3 is 25.2 Å². The fourth-order valence-electron chi connectivity index (χ4n) is 2.81. The van der Waals surface area contributed by atoms with E-state index in [-0.39, 0.29) is 18.1 Å². The Kier molecular flexibility index (Phi) is 8.25. The van der Waals surface area contributed by atoms with Crippen LogP contribution in [0.3, 0.4) is 0 Å². The first-order valence-electron chi connectivity index (χ1n) is 9.04. The maximum absolute atomic E-state index is 14.0. The zero-order chi connectivity index (χ0) is 19.6. The van der Waals surface area contributed by atoms with E-state index in [1.54, 1.807) is 7.11 Å². The van der Waals surface area contributed by atoms with Crippen LogP contribution in [0.1, 0.15) is 6.92 Å². The summed E-state index contributed by atoms with van der Waals surface area (Å²) >= 11 is 0. The molecule has 2 rings (SSSR count). The number of carbonyl (C=O) groups is 1. The normalized spacial score (nSPS) is 15.0. The number of nitrogens with one attached hydrogen (secondary N) is 2. The van der Waals surface area contributed by atoms with Crippen molar-refractivity contribution in [3.8, 4) is 0 Å². The number of ether oxygens (including phenoxy) is 1. The summed E-state index contributed by atoms with van der Waals surface area (Å²) in [5.41, 5.74) is 0.272. The zero-order valence-corrected chi connectivity index (χ0v) is 15.8. The number of piperazine rings is 1. The molecule has 0 aromatic heterocycles. The Balaban J connectivity index is 1.93. The standard InChI is InChI=1S/C18H27F2N5O2/c1-3-21-18(23-13-17(26)22-6-11-27-2)25-9-7-24(8-10-25)16-12-14(19)4-5-15(16)20/h4-5,12H,3,6-11,13H2,1-2H3,(H,21,23)(H,22,26). The van der Waals surface area contributed by atoms with Crippen LogP contribution < -0.4 is 15.5 Å². The summed E-state index contributed by atoms with van der Waals surface area (Å²) in [5, 5.41) is 5.89. The van der Waals surface area contributed by atoms with Crippen molar-refractivity contribution >= 4 is 17.6 Å². The van der Waals surface area contributed by atoms with Crippen molar-refractivity contribution in [3.05, 3.63) is 29.8 Å². The van der Waals surface area contributed by atoms with Crippen molar-refractivity contribution in [2.75, 3.05) is 64.4 Å². The quantitative estimate of drug-likeness (QED) is 0.414. The van der Waals surface area contributed by atoms with Crippen LogP contribution in [0.5, 0.6) is 0 Å². The first-order chi connectivity index (χ1) is 13.0. The van der Waals surface area contributed by atoms with Gasteiger partial charge in [-0.05, 0) is 19.1 Å². The number of benzene rings is 1. The number of halogens is 2. The fourth-order valence-corrected chi connectivity index (χ4v) is 2.81. The number of amides is 1. The molecule has 1 heterocycles. The lowest BCUT2D eigenvalue weighted by Crippen LogP contribution is -2.53. The summed E-state index contributed by atoms with van der Waals surface area (Å²) in [6, 6.07) is 3.47. The maximum atomic E-state index is 14.0. The van der Waals surface area contributed by atoms with Gasteiger partial charge in [0.1, 0.15) is 18.2 Å². The predicted molar refractivity (Wildman–Crippen MR) is 101 cm³/mol. The molecule has 1 aliphatic rings. The first-order valence-corrected chi connectivity index (χ1v) is 9.04. The minimum Gasteiger partial charge on any atom is -0.383 e. The molecule has 9 heteroatoms. The average molecular weight is 383 g/mol. The van der Waals surface area contributed by atoms with Gasteiger partial charge in [-0.1, -0.05) is 0 Å². The van der Waals surface area contributed by atoms with Gasteiger partial charge in [-0.25, -0.2) is 13.8 Å². The third kappa shape index (κ3) is 6.35. The molecule has 1 saturated heterocycles. The highest BCUT2D eigenvalue weighted by molar-refractivity contribution is 5.85. The minimum atomic E-state index is -0.455. The van der Waals surface area contributed by atoms with Crippen molar-refractivity contribution in [1.29, 1.82) is 0 Å². The summed E-state index contributed by atoms with van der Waals surface area (Å²) in [6.45, 7) is 5.78. The second-order valence-corrected chi connectivity index (χ2v) is 6.08. The van der Waals surface area contributed by atoms with E-state index in [1.165, 1.54) is 6.07 Å². The van der Waals surface area contributed by atoms with E-state index >= 15 is 0 Å². The number of carbonyl (C=O) groups excluding carboxylic acids is 1. The highest BCUT2D eigenvalue weighted by Gasteiger charge is 2.22. The summed E-state index contributed by atoms with van der Waals surface area (Å²) in [7, 11) is 1.57. The van der Waals surface area contributed by atoms with E-state index in [9.17, 15) is 13.6 Å². The van der Waals surface area contributed by atoms with E-state index in [0.29, 0.717) is 51.8 Å². The van der Waals surface area contributed by atoms with Gasteiger partial charge in [-0.15, -0.1) is 0 Å². The van der Waals surface area contributed by atoms with Gasteiger partial charge in [-0.3, -0.25) is 4.79 Å². The van der Waals surface area contributed by atoms with Gasteiger partial charge in [-0.2, -0.15) is 0 Å². The molecule has 0 bridgehead atoms. The molecule has 150 valence electrons. The van der Waals surface area contributed by atoms with Crippen LogP contribution in [0.4, 0.5) is 14.5 Å². The Labute approximate surface area is 158 Å². The second kappa shape index (κ2) is 10.7. The number of methoxy groups -OCH3 is 1. The molecule has 1 aromatic rings. The Morgan fingerprint density at radius 1 is 1.22 bits per heavy atom. The highest BCUT2D eigenvalue weighted by atomic mass is 19.1. The van der Waals surface area contributed by atoms with Gasteiger partial charge in [0.05, 0.1) is 12.3 Å². The van der Waals surface area contributed by atoms with Gasteiger partial charge >= 0.3 is 0 Å². The molecule has 1 aromatic carbocycles. The lowest BCUT2D eigenvalue weighted by atomic mass is 10.2. The number of rotatable bonds is 7. The molecule has 0 unspecified atom stereocenters. The molecule has 0 atom stereocenters. The number of hydrogen-bond acceptors (Lipinski definition) is 4. The topological polar surface area (TPSA) is 69.2 Å². The molecule has 7 nitrogen and oxygen atoms in total. The highest BCUT2D eigenvalue weighted by Crippen LogP contribution is 2.21. The van der Waals surface area contributed by atoms with E-state index < -0.39 is 11.6 Å². The summed E-state index contributed by atoms with van der Waals surface area (Å²) < 4.78 is 32.3. The third-order valence-electron chi connectivity index (χ3n) is 4.16. The van der Waals surface area contributed by atoms with Crippen molar-refractivity contribution in [2.45, 2.75) is 6.92 Å². The molecule has 2 N–H and O–H groups in total. The van der Waals surface area contributed by atoms with E-state index in [4.69, 9.17) is 4.74 Å². The zero-order valence-electron chi connectivity index (χ0n) is 15.8. The Bertz CT molecular complexity index is 649. The summed E-state index contributed by atoms with van der Waals surface area (Å²) in [6.07, 6.45) is 0. The number of nitrogens with zero attached hydrogens (tertiary/aromatic N) is 3. The van der Waals surface area contributed by atoms with Crippen molar-refractivity contribution < 1.29 is 18.3 Å². The lowest BCUT2D eigenvalue weighted by Gasteiger charge is -2.37. The molecule has 0 saturated carbocycles. The third-order valence-corrected chi connectivity index (χ3v) is 4.16. The van der Waals surface area contributed by atoms with Crippen molar-refractivity contribution in [2.24, 2.45) is 4.99 Å². The maximum Gasteiger partial charge on any atom is 0.241 e. The van der Waals surface area contributed by atoms with Gasteiger partial charge in [0.25, 0.3) is 0 Å². The van der Waals surface area contributed by atoms with Gasteiger partial charge in [0.2, 0.25) is 5.91 Å². The molecule has 0 radical (unpaired) electrons. The SMILES string of the molecule is CCNC(=NCC(=O)NCCOC)N1CCN(c2cc(F)ccc2F)CC1. The lowest BCUT2D eigenvalue weighted by molar-refractivity contribution is -0.119. The molecule has 1 aliphatic heterocycles. The largest absolute Gasteiger partial charge is 0.383 e. The monoisotopic (exact) mass is 383 g/mol. The van der Waals surface area contributed by atoms with Crippen LogP contribution in [-0.2, 0) is 9.53 Å². The molecular formula is C18H27F2N5O2. The summed E-state index contributed by atoms with van der Waals surface area (Å²) in [5.74, 6) is -0.428. The second-order valence-electron chi connectivity index (χ2n) is 6.08. The summed E-state index contributed by atoms with van der Waals surface area (Å²) in [4.78, 5) is 20.0. The van der Waals surface area contributed by atoms with Crippen LogP contribution >= 0.6 is 0 Å². The minimum absolute atomic E-state index is 0.0186. The molecule has 27 heavy (non-hydrogen) atoms. The average Bonchev–Trinajstić information content (AvgIpc) is 2.67. The van der Waals surface area contributed by atoms with Crippen LogP contribution in [0, 0.1) is 11.6 Å². The number of hydrogen-bond donors (Lipinski definition) is 2. The van der Waals surface area contributed by atoms with E-state index in [0.717, 1.165) is 12.1 Å². The smallest absolute Gasteiger partial charge is 0.241 e. The van der Waals surface area contributed by atoms with E-state index in [1.807, 2.05) is 16.7 Å².